The van der Waals surface area contributed by atoms with Gasteiger partial charge in [-0.15, -0.1) is 0 Å². The lowest BCUT2D eigenvalue weighted by Gasteiger charge is -2.21. The van der Waals surface area contributed by atoms with Crippen molar-refractivity contribution in [2.24, 2.45) is 0 Å². The van der Waals surface area contributed by atoms with Crippen LogP contribution in [-0.2, 0) is 22.4 Å². The molecule has 2 N–H and O–H groups in total. The van der Waals surface area contributed by atoms with Crippen molar-refractivity contribution < 1.29 is 23.8 Å². The molecule has 0 saturated carbocycles. The maximum absolute atomic E-state index is 12.7. The van der Waals surface area contributed by atoms with Gasteiger partial charge in [0.15, 0.2) is 12.1 Å². The molecule has 0 aliphatic heterocycles. The van der Waals surface area contributed by atoms with Crippen molar-refractivity contribution in [3.8, 4) is 5.75 Å². The highest BCUT2D eigenvalue weighted by Crippen LogP contribution is 2.33. The summed E-state index contributed by atoms with van der Waals surface area (Å²) < 4.78 is 11.5. The van der Waals surface area contributed by atoms with Crippen molar-refractivity contribution in [3.63, 3.8) is 0 Å². The minimum atomic E-state index is -1.18. The Bertz CT molecular complexity index is 1230. The molecule has 1 aromatic heterocycles. The molecule has 7 heteroatoms. The standard InChI is InChI=1S/C25H25NO6/c1-14-20(13-12-18-17-10-6-7-11-19(17)25(30)32-22(14)18)31-15(2)23(27)26-21(24(28)29)16-8-4-3-5-9-16/h3-5,8-9,12-13,15,21H,6-7,10-11H2,1-2H3,(H,26,27)(H,28,29)/t15-,21-/m0/s1. The zero-order valence-corrected chi connectivity index (χ0v) is 18.0. The van der Waals surface area contributed by atoms with Crippen molar-refractivity contribution in [2.75, 3.05) is 0 Å². The molecule has 0 unspecified atom stereocenters. The molecule has 1 amide bonds. The van der Waals surface area contributed by atoms with E-state index in [1.54, 1.807) is 50.2 Å². The Labute approximate surface area is 185 Å². The number of ether oxygens (including phenoxy) is 1. The van der Waals surface area contributed by atoms with E-state index in [0.29, 0.717) is 22.5 Å². The van der Waals surface area contributed by atoms with E-state index in [1.165, 1.54) is 0 Å². The fourth-order valence-electron chi connectivity index (χ4n) is 4.19. The molecule has 2 atom stereocenters. The quantitative estimate of drug-likeness (QED) is 0.572. The number of carboxylic acid groups (broad SMARTS) is 1. The predicted octanol–water partition coefficient (Wildman–Crippen LogP) is 3.69. The number of benzene rings is 2. The van der Waals surface area contributed by atoms with E-state index in [0.717, 1.165) is 42.2 Å². The number of carboxylic acids is 1. The number of rotatable bonds is 6. The monoisotopic (exact) mass is 435 g/mol. The third-order valence-electron chi connectivity index (χ3n) is 5.93. The van der Waals surface area contributed by atoms with Crippen LogP contribution in [-0.4, -0.2) is 23.1 Å². The van der Waals surface area contributed by atoms with Crippen molar-refractivity contribution in [1.29, 1.82) is 0 Å². The molecular weight excluding hydrogens is 410 g/mol. The Balaban J connectivity index is 1.57. The molecule has 0 saturated heterocycles. The smallest absolute Gasteiger partial charge is 0.339 e. The van der Waals surface area contributed by atoms with Crippen LogP contribution >= 0.6 is 0 Å². The van der Waals surface area contributed by atoms with Crippen molar-refractivity contribution in [3.05, 3.63) is 75.1 Å². The summed E-state index contributed by atoms with van der Waals surface area (Å²) in [5.41, 5.74) is 3.04. The van der Waals surface area contributed by atoms with E-state index in [-0.39, 0.29) is 5.63 Å². The van der Waals surface area contributed by atoms with Gasteiger partial charge >= 0.3 is 11.6 Å². The molecule has 4 rings (SSSR count). The van der Waals surface area contributed by atoms with Gasteiger partial charge in [-0.05, 0) is 62.8 Å². The summed E-state index contributed by atoms with van der Waals surface area (Å²) >= 11 is 0. The molecular formula is C25H25NO6. The van der Waals surface area contributed by atoms with E-state index in [4.69, 9.17) is 9.15 Å². The number of hydrogen-bond donors (Lipinski definition) is 2. The Morgan fingerprint density at radius 3 is 2.44 bits per heavy atom. The molecule has 1 aliphatic carbocycles. The van der Waals surface area contributed by atoms with Crippen molar-refractivity contribution in [1.82, 2.24) is 5.32 Å². The van der Waals surface area contributed by atoms with E-state index in [9.17, 15) is 19.5 Å². The lowest BCUT2D eigenvalue weighted by atomic mass is 9.90. The number of aryl methyl sites for hydroxylation is 2. The molecule has 2 aromatic carbocycles. The van der Waals surface area contributed by atoms with Gasteiger partial charge in [0.05, 0.1) is 0 Å². The van der Waals surface area contributed by atoms with E-state index >= 15 is 0 Å². The van der Waals surface area contributed by atoms with Gasteiger partial charge in [-0.3, -0.25) is 4.79 Å². The van der Waals surface area contributed by atoms with Crippen LogP contribution in [0.2, 0.25) is 0 Å². The van der Waals surface area contributed by atoms with E-state index < -0.39 is 24.0 Å². The van der Waals surface area contributed by atoms with E-state index in [2.05, 4.69) is 5.32 Å². The highest BCUT2D eigenvalue weighted by Gasteiger charge is 2.26. The number of carbonyl (C=O) groups excluding carboxylic acids is 1. The first-order valence-electron chi connectivity index (χ1n) is 10.7. The van der Waals surface area contributed by atoms with Crippen LogP contribution in [0.5, 0.6) is 5.75 Å². The largest absolute Gasteiger partial charge is 0.480 e. The molecule has 166 valence electrons. The SMILES string of the molecule is Cc1c(O[C@@H](C)C(=O)N[C@H](C(=O)O)c2ccccc2)ccc2c3c(c(=O)oc12)CCCC3. The molecule has 0 radical (unpaired) electrons. The zero-order valence-electron chi connectivity index (χ0n) is 18.0. The molecule has 1 aliphatic rings. The van der Waals surface area contributed by atoms with Crippen molar-refractivity contribution >= 4 is 22.8 Å². The minimum Gasteiger partial charge on any atom is -0.480 e. The highest BCUT2D eigenvalue weighted by molar-refractivity contribution is 5.88. The van der Waals surface area contributed by atoms with Gasteiger partial charge in [-0.1, -0.05) is 30.3 Å². The molecule has 0 bridgehead atoms. The molecule has 3 aromatic rings. The van der Waals surface area contributed by atoms with Gasteiger partial charge in [-0.2, -0.15) is 0 Å². The van der Waals surface area contributed by atoms with E-state index in [1.807, 2.05) is 6.07 Å². The molecule has 32 heavy (non-hydrogen) atoms. The number of carbonyl (C=O) groups is 2. The van der Waals surface area contributed by atoms with Gasteiger partial charge in [0, 0.05) is 16.5 Å². The van der Waals surface area contributed by atoms with Crippen LogP contribution in [0.15, 0.2) is 51.7 Å². The molecule has 7 nitrogen and oxygen atoms in total. The number of fused-ring (bicyclic) bond motifs is 3. The summed E-state index contributed by atoms with van der Waals surface area (Å²) in [6, 6.07) is 10.9. The Morgan fingerprint density at radius 2 is 1.75 bits per heavy atom. The lowest BCUT2D eigenvalue weighted by molar-refractivity contribution is -0.143. The Kier molecular flexibility index (Phi) is 5.99. The lowest BCUT2D eigenvalue weighted by Crippen LogP contribution is -2.41. The Morgan fingerprint density at radius 1 is 1.06 bits per heavy atom. The topological polar surface area (TPSA) is 106 Å². The maximum Gasteiger partial charge on any atom is 0.339 e. The second-order valence-electron chi connectivity index (χ2n) is 8.07. The fourth-order valence-corrected chi connectivity index (χ4v) is 4.19. The summed E-state index contributed by atoms with van der Waals surface area (Å²) in [5, 5.41) is 13.0. The highest BCUT2D eigenvalue weighted by atomic mass is 16.5. The maximum atomic E-state index is 12.7. The normalized spacial score (nSPS) is 14.9. The second-order valence-corrected chi connectivity index (χ2v) is 8.07. The van der Waals surface area contributed by atoms with Crippen molar-refractivity contribution in [2.45, 2.75) is 51.7 Å². The van der Waals surface area contributed by atoms with Crippen LogP contribution in [0.25, 0.3) is 11.0 Å². The summed E-state index contributed by atoms with van der Waals surface area (Å²) in [7, 11) is 0. The van der Waals surface area contributed by atoms with Gasteiger partial charge in [0.1, 0.15) is 11.3 Å². The third kappa shape index (κ3) is 4.10. The number of nitrogens with one attached hydrogen (secondary N) is 1. The minimum absolute atomic E-state index is 0.314. The molecule has 0 fully saturated rings. The first-order chi connectivity index (χ1) is 15.4. The summed E-state index contributed by atoms with van der Waals surface area (Å²) in [4.78, 5) is 36.8. The first kappa shape index (κ1) is 21.6. The zero-order chi connectivity index (χ0) is 22.8. The van der Waals surface area contributed by atoms with Gasteiger partial charge in [0.2, 0.25) is 0 Å². The summed E-state index contributed by atoms with van der Waals surface area (Å²) in [6.07, 6.45) is 2.63. The van der Waals surface area contributed by atoms with Crippen LogP contribution in [0.4, 0.5) is 0 Å². The first-order valence-corrected chi connectivity index (χ1v) is 10.7. The number of aliphatic carboxylic acids is 1. The number of amides is 1. The second kappa shape index (κ2) is 8.86. The Hall–Kier alpha value is -3.61. The van der Waals surface area contributed by atoms with Crippen LogP contribution < -0.4 is 15.7 Å². The van der Waals surface area contributed by atoms with Crippen LogP contribution in [0.3, 0.4) is 0 Å². The third-order valence-corrected chi connectivity index (χ3v) is 5.93. The summed E-state index contributed by atoms with van der Waals surface area (Å²) in [6.45, 7) is 3.33. The number of hydrogen-bond acceptors (Lipinski definition) is 5. The van der Waals surface area contributed by atoms with Gasteiger partial charge in [-0.25, -0.2) is 9.59 Å². The molecule has 0 spiro atoms. The average Bonchev–Trinajstić information content (AvgIpc) is 2.80. The molecule has 1 heterocycles. The van der Waals surface area contributed by atoms with Gasteiger partial charge in [0.25, 0.3) is 5.91 Å². The fraction of sp³-hybridized carbons (Fsp3) is 0.320. The van der Waals surface area contributed by atoms with Crippen LogP contribution in [0.1, 0.15) is 48.1 Å². The summed E-state index contributed by atoms with van der Waals surface area (Å²) in [5.74, 6) is -1.32. The predicted molar refractivity (Wildman–Crippen MR) is 119 cm³/mol. The van der Waals surface area contributed by atoms with Gasteiger partial charge < -0.3 is 19.6 Å². The average molecular weight is 435 g/mol. The van der Waals surface area contributed by atoms with Crippen LogP contribution in [0, 0.1) is 6.92 Å².